The van der Waals surface area contributed by atoms with E-state index in [9.17, 15) is 13.2 Å². The number of benzene rings is 1. The minimum Gasteiger partial charge on any atom is -0.302 e. The summed E-state index contributed by atoms with van der Waals surface area (Å²) in [6, 6.07) is 9.03. The molecule has 4 heteroatoms. The molecule has 0 aliphatic rings. The third-order valence-corrected chi connectivity index (χ3v) is 2.46. The molecule has 0 amide bonds. The molecule has 0 aliphatic carbocycles. The molecule has 0 heterocycles. The van der Waals surface area contributed by atoms with E-state index >= 15 is 0 Å². The molecule has 0 aromatic heterocycles. The molecule has 1 unspecified atom stereocenters. The van der Waals surface area contributed by atoms with Crippen LogP contribution in [0.3, 0.4) is 0 Å². The monoisotopic (exact) mass is 245 g/mol. The zero-order valence-electron chi connectivity index (χ0n) is 10.1. The Morgan fingerprint density at radius 1 is 1.12 bits per heavy atom. The fourth-order valence-electron chi connectivity index (χ4n) is 1.73. The van der Waals surface area contributed by atoms with Gasteiger partial charge < -0.3 is 5.32 Å². The maximum atomic E-state index is 12.2. The van der Waals surface area contributed by atoms with Crippen molar-refractivity contribution in [2.45, 2.75) is 32.5 Å². The Morgan fingerprint density at radius 2 is 1.71 bits per heavy atom. The van der Waals surface area contributed by atoms with Gasteiger partial charge in [0.1, 0.15) is 0 Å². The average Bonchev–Trinajstić information content (AvgIpc) is 2.24. The van der Waals surface area contributed by atoms with E-state index in [2.05, 4.69) is 5.32 Å². The zero-order chi connectivity index (χ0) is 12.9. The lowest BCUT2D eigenvalue weighted by molar-refractivity contribution is -0.126. The molecule has 1 nitrogen and oxygen atoms in total. The first-order valence-electron chi connectivity index (χ1n) is 5.73. The predicted octanol–water partition coefficient (Wildman–Crippen LogP) is 3.93. The van der Waals surface area contributed by atoms with Gasteiger partial charge in [-0.05, 0) is 17.9 Å². The summed E-state index contributed by atoms with van der Waals surface area (Å²) in [6.45, 7) is 3.07. The number of halogens is 3. The Labute approximate surface area is 100 Å². The van der Waals surface area contributed by atoms with Crippen molar-refractivity contribution in [1.82, 2.24) is 5.32 Å². The van der Waals surface area contributed by atoms with Crippen molar-refractivity contribution in [2.24, 2.45) is 5.92 Å². The molecule has 1 aromatic carbocycles. The van der Waals surface area contributed by atoms with Gasteiger partial charge in [0.2, 0.25) is 0 Å². The molecule has 0 aliphatic heterocycles. The Morgan fingerprint density at radius 3 is 2.18 bits per heavy atom. The standard InChI is InChI=1S/C13H18F3N/c1-10(2)8-12(17-9-13(14,15)16)11-6-4-3-5-7-11/h3-7,10,12,17H,8-9H2,1-2H3. The zero-order valence-corrected chi connectivity index (χ0v) is 10.1. The quantitative estimate of drug-likeness (QED) is 0.828. The second kappa shape index (κ2) is 6.05. The maximum absolute atomic E-state index is 12.2. The van der Waals surface area contributed by atoms with E-state index < -0.39 is 12.7 Å². The van der Waals surface area contributed by atoms with Gasteiger partial charge in [0.05, 0.1) is 6.54 Å². The SMILES string of the molecule is CC(C)CC(NCC(F)(F)F)c1ccccc1. The van der Waals surface area contributed by atoms with Crippen LogP contribution in [0.15, 0.2) is 30.3 Å². The van der Waals surface area contributed by atoms with Crippen LogP contribution in [0, 0.1) is 5.92 Å². The Hall–Kier alpha value is -1.03. The van der Waals surface area contributed by atoms with Gasteiger partial charge in [0, 0.05) is 6.04 Å². The van der Waals surface area contributed by atoms with E-state index in [-0.39, 0.29) is 6.04 Å². The number of alkyl halides is 3. The largest absolute Gasteiger partial charge is 0.401 e. The van der Waals surface area contributed by atoms with Gasteiger partial charge >= 0.3 is 6.18 Å². The summed E-state index contributed by atoms with van der Waals surface area (Å²) in [6.07, 6.45) is -3.47. The van der Waals surface area contributed by atoms with Crippen molar-refractivity contribution in [3.63, 3.8) is 0 Å². The van der Waals surface area contributed by atoms with Gasteiger partial charge in [-0.3, -0.25) is 0 Å². The van der Waals surface area contributed by atoms with Crippen molar-refractivity contribution in [1.29, 1.82) is 0 Å². The summed E-state index contributed by atoms with van der Waals surface area (Å²) < 4.78 is 36.6. The van der Waals surface area contributed by atoms with Crippen LogP contribution >= 0.6 is 0 Å². The first-order valence-corrected chi connectivity index (χ1v) is 5.73. The van der Waals surface area contributed by atoms with Gasteiger partial charge in [0.15, 0.2) is 0 Å². The van der Waals surface area contributed by atoms with Gasteiger partial charge in [-0.15, -0.1) is 0 Å². The predicted molar refractivity (Wildman–Crippen MR) is 62.7 cm³/mol. The normalized spacial score (nSPS) is 14.0. The highest BCUT2D eigenvalue weighted by atomic mass is 19.4. The second-order valence-corrected chi connectivity index (χ2v) is 4.59. The van der Waals surface area contributed by atoms with E-state index in [1.807, 2.05) is 44.2 Å². The van der Waals surface area contributed by atoms with Crippen LogP contribution in [-0.4, -0.2) is 12.7 Å². The van der Waals surface area contributed by atoms with Gasteiger partial charge in [-0.2, -0.15) is 13.2 Å². The molecular formula is C13H18F3N. The van der Waals surface area contributed by atoms with E-state index in [0.717, 1.165) is 5.56 Å². The first-order chi connectivity index (χ1) is 7.88. The molecule has 1 N–H and O–H groups in total. The summed E-state index contributed by atoms with van der Waals surface area (Å²) in [5.74, 6) is 0.348. The van der Waals surface area contributed by atoms with Crippen molar-refractivity contribution in [3.8, 4) is 0 Å². The maximum Gasteiger partial charge on any atom is 0.401 e. The molecule has 1 aromatic rings. The molecule has 0 spiro atoms. The lowest BCUT2D eigenvalue weighted by Gasteiger charge is -2.22. The highest BCUT2D eigenvalue weighted by molar-refractivity contribution is 5.18. The molecule has 0 radical (unpaired) electrons. The summed E-state index contributed by atoms with van der Waals surface area (Å²) >= 11 is 0. The van der Waals surface area contributed by atoms with Crippen LogP contribution in [0.2, 0.25) is 0 Å². The molecular weight excluding hydrogens is 227 g/mol. The van der Waals surface area contributed by atoms with Crippen LogP contribution in [0.25, 0.3) is 0 Å². The summed E-state index contributed by atoms with van der Waals surface area (Å²) in [4.78, 5) is 0. The van der Waals surface area contributed by atoms with E-state index in [1.165, 1.54) is 0 Å². The summed E-state index contributed by atoms with van der Waals surface area (Å²) in [5.41, 5.74) is 0.908. The first kappa shape index (κ1) is 14.0. The number of hydrogen-bond donors (Lipinski definition) is 1. The van der Waals surface area contributed by atoms with Gasteiger partial charge in [-0.25, -0.2) is 0 Å². The van der Waals surface area contributed by atoms with E-state index in [0.29, 0.717) is 12.3 Å². The molecule has 1 rings (SSSR count). The third-order valence-electron chi connectivity index (χ3n) is 2.46. The fraction of sp³-hybridized carbons (Fsp3) is 0.538. The smallest absolute Gasteiger partial charge is 0.302 e. The number of hydrogen-bond acceptors (Lipinski definition) is 1. The lowest BCUT2D eigenvalue weighted by Crippen LogP contribution is -2.32. The van der Waals surface area contributed by atoms with Gasteiger partial charge in [0.25, 0.3) is 0 Å². The number of nitrogens with one attached hydrogen (secondary N) is 1. The molecule has 0 bridgehead atoms. The Bertz CT molecular complexity index is 319. The van der Waals surface area contributed by atoms with Crippen LogP contribution < -0.4 is 5.32 Å². The van der Waals surface area contributed by atoms with Crippen molar-refractivity contribution in [2.75, 3.05) is 6.54 Å². The Balaban J connectivity index is 2.68. The number of rotatable bonds is 5. The Kier molecular flexibility index (Phi) is 5.00. The van der Waals surface area contributed by atoms with Gasteiger partial charge in [-0.1, -0.05) is 44.2 Å². The molecule has 0 fully saturated rings. The summed E-state index contributed by atoms with van der Waals surface area (Å²) in [5, 5.41) is 2.58. The fourth-order valence-corrected chi connectivity index (χ4v) is 1.73. The minimum absolute atomic E-state index is 0.238. The van der Waals surface area contributed by atoms with E-state index in [4.69, 9.17) is 0 Å². The highest BCUT2D eigenvalue weighted by Crippen LogP contribution is 2.23. The third kappa shape index (κ3) is 5.73. The molecule has 17 heavy (non-hydrogen) atoms. The average molecular weight is 245 g/mol. The van der Waals surface area contributed by atoms with E-state index in [1.54, 1.807) is 0 Å². The van der Waals surface area contributed by atoms with Crippen molar-refractivity contribution < 1.29 is 13.2 Å². The summed E-state index contributed by atoms with van der Waals surface area (Å²) in [7, 11) is 0. The molecule has 0 saturated heterocycles. The lowest BCUT2D eigenvalue weighted by atomic mass is 9.97. The van der Waals surface area contributed by atoms with Crippen molar-refractivity contribution in [3.05, 3.63) is 35.9 Å². The molecule has 0 saturated carbocycles. The molecule has 1 atom stereocenters. The minimum atomic E-state index is -4.16. The van der Waals surface area contributed by atoms with Crippen LogP contribution in [0.1, 0.15) is 31.9 Å². The van der Waals surface area contributed by atoms with Crippen LogP contribution in [0.5, 0.6) is 0 Å². The van der Waals surface area contributed by atoms with Crippen LogP contribution in [-0.2, 0) is 0 Å². The topological polar surface area (TPSA) is 12.0 Å². The highest BCUT2D eigenvalue weighted by Gasteiger charge is 2.28. The van der Waals surface area contributed by atoms with Crippen LogP contribution in [0.4, 0.5) is 13.2 Å². The second-order valence-electron chi connectivity index (χ2n) is 4.59. The van der Waals surface area contributed by atoms with Crippen molar-refractivity contribution >= 4 is 0 Å². The molecule has 96 valence electrons.